The monoisotopic (exact) mass is 262 g/mol. The first-order valence-electron chi connectivity index (χ1n) is 6.55. The molecule has 0 atom stereocenters. The molecule has 1 aliphatic rings. The smallest absolute Gasteiger partial charge is 0.222 e. The van der Waals surface area contributed by atoms with Crippen molar-refractivity contribution in [2.75, 3.05) is 26.7 Å². The van der Waals surface area contributed by atoms with Gasteiger partial charge in [-0.3, -0.25) is 4.79 Å². The predicted octanol–water partition coefficient (Wildman–Crippen LogP) is 2.30. The molecule has 1 heterocycles. The highest BCUT2D eigenvalue weighted by Gasteiger charge is 2.22. The maximum absolute atomic E-state index is 11.8. The fourth-order valence-corrected chi connectivity index (χ4v) is 2.30. The maximum Gasteiger partial charge on any atom is 0.222 e. The zero-order chi connectivity index (χ0) is 12.0. The highest BCUT2D eigenvalue weighted by molar-refractivity contribution is 5.85. The minimum absolute atomic E-state index is 0. The highest BCUT2D eigenvalue weighted by Crippen LogP contribution is 2.21. The molecule has 0 bridgehead atoms. The average Bonchev–Trinajstić information content (AvgIpc) is 2.26. The largest absolute Gasteiger partial charge is 0.343 e. The first-order valence-corrected chi connectivity index (χ1v) is 6.55. The van der Waals surface area contributed by atoms with Gasteiger partial charge in [-0.15, -0.1) is 12.4 Å². The van der Waals surface area contributed by atoms with E-state index in [0.29, 0.717) is 18.2 Å². The first-order chi connectivity index (χ1) is 7.63. The summed E-state index contributed by atoms with van der Waals surface area (Å²) in [7, 11) is 2.00. The van der Waals surface area contributed by atoms with Crippen molar-refractivity contribution in [3.05, 3.63) is 0 Å². The summed E-state index contributed by atoms with van der Waals surface area (Å²) in [6.45, 7) is 7.26. The molecule has 1 aliphatic heterocycles. The van der Waals surface area contributed by atoms with E-state index < -0.39 is 0 Å². The fraction of sp³-hybridized carbons (Fsp3) is 0.923. The van der Waals surface area contributed by atoms with Gasteiger partial charge in [0.15, 0.2) is 0 Å². The molecule has 0 aromatic heterocycles. The van der Waals surface area contributed by atoms with Gasteiger partial charge >= 0.3 is 0 Å². The van der Waals surface area contributed by atoms with Crippen molar-refractivity contribution < 1.29 is 4.79 Å². The quantitative estimate of drug-likeness (QED) is 0.825. The van der Waals surface area contributed by atoms with Crippen LogP contribution < -0.4 is 5.32 Å². The van der Waals surface area contributed by atoms with Crippen molar-refractivity contribution >= 4 is 18.3 Å². The third kappa shape index (κ3) is 6.27. The van der Waals surface area contributed by atoms with Crippen molar-refractivity contribution in [1.29, 1.82) is 0 Å². The van der Waals surface area contributed by atoms with Crippen molar-refractivity contribution in [3.63, 3.8) is 0 Å². The molecule has 1 N–H and O–H groups in total. The van der Waals surface area contributed by atoms with Crippen molar-refractivity contribution in [3.8, 4) is 0 Å². The number of carbonyl (C=O) groups is 1. The van der Waals surface area contributed by atoms with E-state index in [1.54, 1.807) is 0 Å². The topological polar surface area (TPSA) is 32.3 Å². The second-order valence-corrected chi connectivity index (χ2v) is 5.31. The summed E-state index contributed by atoms with van der Waals surface area (Å²) in [5.41, 5.74) is 0. The molecular weight excluding hydrogens is 236 g/mol. The summed E-state index contributed by atoms with van der Waals surface area (Å²) in [6, 6.07) is 0. The lowest BCUT2D eigenvalue weighted by Crippen LogP contribution is -2.39. The van der Waals surface area contributed by atoms with Crippen LogP contribution in [0.5, 0.6) is 0 Å². The second kappa shape index (κ2) is 8.76. The zero-order valence-corrected chi connectivity index (χ0v) is 12.2. The Morgan fingerprint density at radius 2 is 1.94 bits per heavy atom. The summed E-state index contributed by atoms with van der Waals surface area (Å²) in [5.74, 6) is 1.65. The van der Waals surface area contributed by atoms with Gasteiger partial charge in [0, 0.05) is 19.5 Å². The molecular formula is C13H27ClN2O. The van der Waals surface area contributed by atoms with Gasteiger partial charge in [0.2, 0.25) is 5.91 Å². The van der Waals surface area contributed by atoms with Crippen LogP contribution in [-0.4, -0.2) is 37.5 Å². The number of amides is 1. The Labute approximate surface area is 112 Å². The maximum atomic E-state index is 11.8. The minimum atomic E-state index is 0. The Morgan fingerprint density at radius 1 is 1.35 bits per heavy atom. The van der Waals surface area contributed by atoms with Crippen molar-refractivity contribution in [2.45, 2.75) is 39.5 Å². The van der Waals surface area contributed by atoms with E-state index in [1.807, 2.05) is 7.05 Å². The van der Waals surface area contributed by atoms with Crippen molar-refractivity contribution in [1.82, 2.24) is 10.2 Å². The average molecular weight is 263 g/mol. The Kier molecular flexibility index (Phi) is 8.61. The number of nitrogens with one attached hydrogen (secondary N) is 1. The molecule has 1 saturated heterocycles. The van der Waals surface area contributed by atoms with Crippen LogP contribution in [0.1, 0.15) is 39.5 Å². The summed E-state index contributed by atoms with van der Waals surface area (Å²) < 4.78 is 0. The van der Waals surface area contributed by atoms with Crippen LogP contribution in [-0.2, 0) is 4.79 Å². The molecule has 3 nitrogen and oxygen atoms in total. The van der Waals surface area contributed by atoms with E-state index in [9.17, 15) is 4.79 Å². The standard InChI is InChI=1S/C13H26N2O.ClH/c1-11(2)10-13(16)15-8-5-12(6-9-15)4-7-14-3;/h11-12,14H,4-10H2,1-3H3;1H. The number of halogens is 1. The SMILES string of the molecule is CNCCC1CCN(C(=O)CC(C)C)CC1.Cl. The summed E-state index contributed by atoms with van der Waals surface area (Å²) in [4.78, 5) is 13.9. The third-order valence-electron chi connectivity index (χ3n) is 3.35. The highest BCUT2D eigenvalue weighted by atomic mass is 35.5. The fourth-order valence-electron chi connectivity index (χ4n) is 2.30. The lowest BCUT2D eigenvalue weighted by Gasteiger charge is -2.32. The lowest BCUT2D eigenvalue weighted by atomic mass is 9.93. The molecule has 17 heavy (non-hydrogen) atoms. The number of hydrogen-bond donors (Lipinski definition) is 1. The lowest BCUT2D eigenvalue weighted by molar-refractivity contribution is -0.133. The van der Waals surface area contributed by atoms with Gasteiger partial charge in [0.25, 0.3) is 0 Å². The van der Waals surface area contributed by atoms with E-state index in [-0.39, 0.29) is 12.4 Å². The van der Waals surface area contributed by atoms with E-state index in [0.717, 1.165) is 25.6 Å². The number of likely N-dealkylation sites (tertiary alicyclic amines) is 1. The van der Waals surface area contributed by atoms with Crippen LogP contribution in [0.25, 0.3) is 0 Å². The normalized spacial score (nSPS) is 17.1. The molecule has 1 rings (SSSR count). The molecule has 4 heteroatoms. The van der Waals surface area contributed by atoms with Gasteiger partial charge < -0.3 is 10.2 Å². The summed E-state index contributed by atoms with van der Waals surface area (Å²) >= 11 is 0. The van der Waals surface area contributed by atoms with Crippen LogP contribution in [0.15, 0.2) is 0 Å². The predicted molar refractivity (Wildman–Crippen MR) is 74.6 cm³/mol. The van der Waals surface area contributed by atoms with Crippen LogP contribution in [0.2, 0.25) is 0 Å². The Hall–Kier alpha value is -0.280. The molecule has 1 amide bonds. The van der Waals surface area contributed by atoms with Crippen LogP contribution >= 0.6 is 12.4 Å². The van der Waals surface area contributed by atoms with E-state index in [2.05, 4.69) is 24.1 Å². The van der Waals surface area contributed by atoms with Crippen LogP contribution in [0.4, 0.5) is 0 Å². The van der Waals surface area contributed by atoms with Gasteiger partial charge in [-0.05, 0) is 44.7 Å². The summed E-state index contributed by atoms with van der Waals surface area (Å²) in [6.07, 6.45) is 4.33. The Bertz CT molecular complexity index is 213. The van der Waals surface area contributed by atoms with Gasteiger partial charge in [-0.2, -0.15) is 0 Å². The van der Waals surface area contributed by atoms with Crippen molar-refractivity contribution in [2.24, 2.45) is 11.8 Å². The van der Waals surface area contributed by atoms with Gasteiger partial charge in [0.1, 0.15) is 0 Å². The Morgan fingerprint density at radius 3 is 2.41 bits per heavy atom. The Balaban J connectivity index is 0.00000256. The minimum Gasteiger partial charge on any atom is -0.343 e. The van der Waals surface area contributed by atoms with E-state index >= 15 is 0 Å². The van der Waals surface area contributed by atoms with Gasteiger partial charge in [-0.1, -0.05) is 13.8 Å². The van der Waals surface area contributed by atoms with E-state index in [1.165, 1.54) is 19.3 Å². The molecule has 0 aromatic rings. The number of hydrogen-bond acceptors (Lipinski definition) is 2. The van der Waals surface area contributed by atoms with Gasteiger partial charge in [-0.25, -0.2) is 0 Å². The summed E-state index contributed by atoms with van der Waals surface area (Å²) in [5, 5.41) is 3.19. The second-order valence-electron chi connectivity index (χ2n) is 5.31. The first kappa shape index (κ1) is 16.7. The molecule has 0 saturated carbocycles. The number of carbonyl (C=O) groups excluding carboxylic acids is 1. The number of piperidine rings is 1. The molecule has 0 unspecified atom stereocenters. The molecule has 0 spiro atoms. The third-order valence-corrected chi connectivity index (χ3v) is 3.35. The van der Waals surface area contributed by atoms with Gasteiger partial charge in [0.05, 0.1) is 0 Å². The van der Waals surface area contributed by atoms with E-state index in [4.69, 9.17) is 0 Å². The molecule has 0 aromatic carbocycles. The number of rotatable bonds is 5. The van der Waals surface area contributed by atoms with Crippen LogP contribution in [0.3, 0.4) is 0 Å². The molecule has 1 fully saturated rings. The van der Waals surface area contributed by atoms with Crippen LogP contribution in [0, 0.1) is 11.8 Å². The molecule has 0 aliphatic carbocycles. The molecule has 102 valence electrons. The number of nitrogens with zero attached hydrogens (tertiary/aromatic N) is 1. The molecule has 0 radical (unpaired) electrons. The zero-order valence-electron chi connectivity index (χ0n) is 11.4.